The first-order valence-electron chi connectivity index (χ1n) is 9.21. The van der Waals surface area contributed by atoms with Crippen LogP contribution < -0.4 is 0 Å². The first-order valence-corrected chi connectivity index (χ1v) is 9.21. The summed E-state index contributed by atoms with van der Waals surface area (Å²) in [6, 6.07) is 8.68. The van der Waals surface area contributed by atoms with Gasteiger partial charge in [-0.25, -0.2) is 0 Å². The van der Waals surface area contributed by atoms with Crippen molar-refractivity contribution in [3.8, 4) is 5.75 Å². The number of piperazine rings is 1. The van der Waals surface area contributed by atoms with Crippen molar-refractivity contribution in [2.75, 3.05) is 46.4 Å². The van der Waals surface area contributed by atoms with Gasteiger partial charge in [0.25, 0.3) is 0 Å². The van der Waals surface area contributed by atoms with Crippen molar-refractivity contribution in [1.29, 1.82) is 0 Å². The maximum Gasteiger partial charge on any atom is 0.120 e. The molecule has 2 aliphatic heterocycles. The maximum atomic E-state index is 10.0. The van der Waals surface area contributed by atoms with Crippen molar-refractivity contribution < 1.29 is 10.2 Å². The van der Waals surface area contributed by atoms with E-state index >= 15 is 0 Å². The molecule has 0 spiro atoms. The summed E-state index contributed by atoms with van der Waals surface area (Å²) in [5.74, 6) is 0.383. The van der Waals surface area contributed by atoms with Gasteiger partial charge in [-0.3, -0.25) is 9.80 Å². The topological polar surface area (TPSA) is 50.2 Å². The number of likely N-dealkylation sites (tertiary alicyclic amines) is 1. The third kappa shape index (κ3) is 4.28. The van der Waals surface area contributed by atoms with E-state index in [1.54, 1.807) is 6.07 Å². The van der Waals surface area contributed by atoms with Gasteiger partial charge >= 0.3 is 0 Å². The minimum absolute atomic E-state index is 0.248. The number of para-hydroxylation sites is 1. The van der Waals surface area contributed by atoms with E-state index in [0.29, 0.717) is 17.8 Å². The Kier molecular flexibility index (Phi) is 6.11. The first-order chi connectivity index (χ1) is 11.7. The molecular weight excluding hydrogens is 302 g/mol. The minimum atomic E-state index is 0.248. The number of phenols is 1. The van der Waals surface area contributed by atoms with Crippen molar-refractivity contribution in [3.05, 3.63) is 29.8 Å². The molecule has 0 aliphatic carbocycles. The Balaban J connectivity index is 1.61. The molecule has 0 radical (unpaired) electrons. The molecule has 1 aromatic rings. The molecule has 5 heteroatoms. The number of aliphatic hydroxyl groups excluding tert-OH is 1. The van der Waals surface area contributed by atoms with Crippen LogP contribution in [0.3, 0.4) is 0 Å². The summed E-state index contributed by atoms with van der Waals surface area (Å²) >= 11 is 0. The number of nitrogens with zero attached hydrogens (tertiary/aromatic N) is 3. The zero-order chi connectivity index (χ0) is 16.9. The molecule has 0 saturated carbocycles. The van der Waals surface area contributed by atoms with E-state index in [1.807, 2.05) is 18.2 Å². The highest BCUT2D eigenvalue weighted by Gasteiger charge is 2.33. The molecule has 0 amide bonds. The van der Waals surface area contributed by atoms with Gasteiger partial charge in [0, 0.05) is 50.4 Å². The fourth-order valence-electron chi connectivity index (χ4n) is 4.18. The Labute approximate surface area is 145 Å². The molecule has 24 heavy (non-hydrogen) atoms. The van der Waals surface area contributed by atoms with Crippen LogP contribution >= 0.6 is 0 Å². The lowest BCUT2D eigenvalue weighted by Gasteiger charge is -2.47. The molecule has 3 rings (SSSR count). The number of benzene rings is 1. The Morgan fingerprint density at radius 2 is 1.83 bits per heavy atom. The highest BCUT2D eigenvalue weighted by molar-refractivity contribution is 5.31. The predicted molar refractivity (Wildman–Crippen MR) is 96.1 cm³/mol. The van der Waals surface area contributed by atoms with Crippen LogP contribution in [0.5, 0.6) is 5.75 Å². The summed E-state index contributed by atoms with van der Waals surface area (Å²) in [6.07, 6.45) is 3.30. The molecule has 1 unspecified atom stereocenters. The van der Waals surface area contributed by atoms with Gasteiger partial charge in [0.05, 0.1) is 0 Å². The number of hydrogen-bond acceptors (Lipinski definition) is 5. The zero-order valence-electron chi connectivity index (χ0n) is 14.8. The monoisotopic (exact) mass is 333 g/mol. The highest BCUT2D eigenvalue weighted by atomic mass is 16.3. The van der Waals surface area contributed by atoms with E-state index < -0.39 is 0 Å². The summed E-state index contributed by atoms with van der Waals surface area (Å²) in [4.78, 5) is 7.47. The second kappa shape index (κ2) is 8.30. The number of phenolic OH excluding ortho intramolecular Hbond substituents is 1. The van der Waals surface area contributed by atoms with Gasteiger partial charge in [-0.2, -0.15) is 0 Å². The van der Waals surface area contributed by atoms with Crippen molar-refractivity contribution in [2.45, 2.75) is 37.9 Å². The Bertz CT molecular complexity index is 517. The Hall–Kier alpha value is -1.14. The third-order valence-electron chi connectivity index (χ3n) is 5.62. The van der Waals surface area contributed by atoms with Crippen molar-refractivity contribution in [2.24, 2.45) is 0 Å². The molecule has 134 valence electrons. The predicted octanol–water partition coefficient (Wildman–Crippen LogP) is 1.35. The molecule has 0 aromatic heterocycles. The third-order valence-corrected chi connectivity index (χ3v) is 5.62. The van der Waals surface area contributed by atoms with Crippen LogP contribution in [0.15, 0.2) is 24.3 Å². The van der Waals surface area contributed by atoms with E-state index in [0.717, 1.165) is 38.2 Å². The zero-order valence-corrected chi connectivity index (χ0v) is 14.8. The van der Waals surface area contributed by atoms with Crippen molar-refractivity contribution >= 4 is 0 Å². The van der Waals surface area contributed by atoms with Gasteiger partial charge in [-0.15, -0.1) is 0 Å². The summed E-state index contributed by atoms with van der Waals surface area (Å²) < 4.78 is 0. The van der Waals surface area contributed by atoms with E-state index in [4.69, 9.17) is 0 Å². The number of hydrogen-bond donors (Lipinski definition) is 2. The van der Waals surface area contributed by atoms with E-state index in [2.05, 4.69) is 21.7 Å². The van der Waals surface area contributed by atoms with Gasteiger partial charge < -0.3 is 15.1 Å². The van der Waals surface area contributed by atoms with Crippen LogP contribution in [0.1, 0.15) is 24.8 Å². The van der Waals surface area contributed by atoms with E-state index in [1.165, 1.54) is 25.9 Å². The Morgan fingerprint density at radius 3 is 2.54 bits per heavy atom. The summed E-state index contributed by atoms with van der Waals surface area (Å²) in [5.41, 5.74) is 0.994. The lowest BCUT2D eigenvalue weighted by molar-refractivity contribution is 0.00581. The molecule has 1 aromatic carbocycles. The number of rotatable bonds is 5. The number of piperidine rings is 1. The Morgan fingerprint density at radius 1 is 1.08 bits per heavy atom. The molecular formula is C19H31N3O2. The van der Waals surface area contributed by atoms with Crippen LogP contribution in [0, 0.1) is 0 Å². The van der Waals surface area contributed by atoms with Crippen LogP contribution in [0.25, 0.3) is 0 Å². The molecule has 2 N–H and O–H groups in total. The molecule has 2 heterocycles. The molecule has 5 nitrogen and oxygen atoms in total. The number of aromatic hydroxyl groups is 1. The average molecular weight is 333 g/mol. The number of aliphatic hydroxyl groups is 1. The van der Waals surface area contributed by atoms with Crippen molar-refractivity contribution in [3.63, 3.8) is 0 Å². The fourth-order valence-corrected chi connectivity index (χ4v) is 4.18. The highest BCUT2D eigenvalue weighted by Crippen LogP contribution is 2.25. The van der Waals surface area contributed by atoms with Gasteiger partial charge in [0.1, 0.15) is 5.75 Å². The molecule has 0 bridgehead atoms. The van der Waals surface area contributed by atoms with Gasteiger partial charge in [0.2, 0.25) is 0 Å². The lowest BCUT2D eigenvalue weighted by Crippen LogP contribution is -2.58. The summed E-state index contributed by atoms with van der Waals surface area (Å²) in [7, 11) is 2.20. The maximum absolute atomic E-state index is 10.0. The quantitative estimate of drug-likeness (QED) is 0.852. The lowest BCUT2D eigenvalue weighted by atomic mass is 9.98. The van der Waals surface area contributed by atoms with E-state index in [9.17, 15) is 10.2 Å². The fraction of sp³-hybridized carbons (Fsp3) is 0.684. The second-order valence-corrected chi connectivity index (χ2v) is 7.30. The molecule has 2 aliphatic rings. The van der Waals surface area contributed by atoms with Gasteiger partial charge in [-0.05, 0) is 45.5 Å². The van der Waals surface area contributed by atoms with Crippen LogP contribution in [0.4, 0.5) is 0 Å². The van der Waals surface area contributed by atoms with Crippen LogP contribution in [-0.4, -0.2) is 83.4 Å². The van der Waals surface area contributed by atoms with Crippen LogP contribution in [-0.2, 0) is 6.54 Å². The average Bonchev–Trinajstić information content (AvgIpc) is 2.59. The minimum Gasteiger partial charge on any atom is -0.508 e. The normalized spacial score (nSPS) is 25.2. The van der Waals surface area contributed by atoms with Gasteiger partial charge in [-0.1, -0.05) is 18.2 Å². The second-order valence-electron chi connectivity index (χ2n) is 7.30. The van der Waals surface area contributed by atoms with Crippen LogP contribution in [0.2, 0.25) is 0 Å². The smallest absolute Gasteiger partial charge is 0.120 e. The molecule has 2 saturated heterocycles. The molecule has 2 fully saturated rings. The largest absolute Gasteiger partial charge is 0.508 e. The van der Waals surface area contributed by atoms with Gasteiger partial charge in [0.15, 0.2) is 0 Å². The van der Waals surface area contributed by atoms with E-state index in [-0.39, 0.29) is 6.61 Å². The SMILES string of the molecule is CN1CCC(N2CCN(Cc3ccccc3O)CC2CCO)CC1. The summed E-state index contributed by atoms with van der Waals surface area (Å²) in [6.45, 7) is 6.45. The first kappa shape index (κ1) is 17.7. The van der Waals surface area contributed by atoms with Crippen molar-refractivity contribution in [1.82, 2.24) is 14.7 Å². The summed E-state index contributed by atoms with van der Waals surface area (Å²) in [5, 5.41) is 19.5. The standard InChI is InChI=1S/C19H31N3O2/c1-20-9-6-17(7-10-20)22-12-11-21(15-18(22)8-13-23)14-16-4-2-3-5-19(16)24/h2-5,17-18,23-24H,6-15H2,1H3. The molecule has 1 atom stereocenters.